The van der Waals surface area contributed by atoms with E-state index in [-0.39, 0.29) is 11.7 Å². The van der Waals surface area contributed by atoms with Gasteiger partial charge >= 0.3 is 0 Å². The van der Waals surface area contributed by atoms with Gasteiger partial charge in [0, 0.05) is 62.1 Å². The fraction of sp³-hybridized carbons (Fsp3) is 0.296. The molecule has 0 bridgehead atoms. The summed E-state index contributed by atoms with van der Waals surface area (Å²) in [4.78, 5) is 17.1. The molecule has 7 heteroatoms. The van der Waals surface area contributed by atoms with Crippen molar-refractivity contribution in [3.8, 4) is 11.5 Å². The highest BCUT2D eigenvalue weighted by atomic mass is 19.1. The number of hydrogen-bond donors (Lipinski definition) is 1. The Labute approximate surface area is 199 Å². The van der Waals surface area contributed by atoms with Gasteiger partial charge in [0.25, 0.3) is 5.91 Å². The number of rotatable bonds is 8. The molecule has 178 valence electrons. The van der Waals surface area contributed by atoms with Gasteiger partial charge in [0.05, 0.1) is 14.2 Å². The summed E-state index contributed by atoms with van der Waals surface area (Å²) in [5.41, 5.74) is 3.77. The summed E-state index contributed by atoms with van der Waals surface area (Å²) < 4.78 is 23.9. The lowest BCUT2D eigenvalue weighted by Crippen LogP contribution is -2.46. The Morgan fingerprint density at radius 2 is 1.71 bits per heavy atom. The second-order valence-electron chi connectivity index (χ2n) is 8.30. The van der Waals surface area contributed by atoms with E-state index in [1.165, 1.54) is 24.3 Å². The van der Waals surface area contributed by atoms with Crippen LogP contribution in [0.1, 0.15) is 21.5 Å². The summed E-state index contributed by atoms with van der Waals surface area (Å²) in [6, 6.07) is 19.8. The van der Waals surface area contributed by atoms with E-state index in [1.54, 1.807) is 14.2 Å². The fourth-order valence-electron chi connectivity index (χ4n) is 4.14. The number of benzene rings is 3. The van der Waals surface area contributed by atoms with E-state index in [1.807, 2.05) is 24.3 Å². The molecule has 0 atom stereocenters. The van der Waals surface area contributed by atoms with E-state index in [4.69, 9.17) is 9.47 Å². The van der Waals surface area contributed by atoms with E-state index < -0.39 is 0 Å². The number of nitrogens with zero attached hydrogens (tertiary/aromatic N) is 2. The quantitative estimate of drug-likeness (QED) is 0.545. The highest BCUT2D eigenvalue weighted by molar-refractivity contribution is 5.94. The van der Waals surface area contributed by atoms with Crippen molar-refractivity contribution in [2.45, 2.75) is 13.1 Å². The first-order valence-electron chi connectivity index (χ1n) is 11.4. The monoisotopic (exact) mass is 463 g/mol. The summed E-state index contributed by atoms with van der Waals surface area (Å²) >= 11 is 0. The van der Waals surface area contributed by atoms with Crippen molar-refractivity contribution in [1.29, 1.82) is 0 Å². The Bertz CT molecular complexity index is 1110. The van der Waals surface area contributed by atoms with Gasteiger partial charge in [0.1, 0.15) is 17.3 Å². The van der Waals surface area contributed by atoms with E-state index in [0.717, 1.165) is 61.0 Å². The third-order valence-electron chi connectivity index (χ3n) is 6.10. The van der Waals surface area contributed by atoms with Crippen LogP contribution in [0.5, 0.6) is 11.5 Å². The van der Waals surface area contributed by atoms with Crippen LogP contribution in [0.25, 0.3) is 0 Å². The van der Waals surface area contributed by atoms with Crippen molar-refractivity contribution in [3.63, 3.8) is 0 Å². The number of carbonyl (C=O) groups is 1. The summed E-state index contributed by atoms with van der Waals surface area (Å²) in [5, 5.41) is 2.91. The van der Waals surface area contributed by atoms with Crippen LogP contribution in [0.3, 0.4) is 0 Å². The Kier molecular flexibility index (Phi) is 7.65. The molecule has 1 amide bonds. The van der Waals surface area contributed by atoms with Crippen molar-refractivity contribution in [2.75, 3.05) is 45.3 Å². The van der Waals surface area contributed by atoms with Gasteiger partial charge in [-0.1, -0.05) is 18.2 Å². The number of ether oxygens (including phenoxy) is 2. The molecule has 1 heterocycles. The third kappa shape index (κ3) is 5.85. The minimum Gasteiger partial charge on any atom is -0.497 e. The molecule has 0 radical (unpaired) electrons. The normalized spacial score (nSPS) is 14.0. The molecule has 3 aromatic rings. The third-order valence-corrected chi connectivity index (χ3v) is 6.10. The molecule has 1 N–H and O–H groups in total. The average Bonchev–Trinajstić information content (AvgIpc) is 2.88. The highest BCUT2D eigenvalue weighted by Gasteiger charge is 2.19. The minimum atomic E-state index is -0.354. The maximum absolute atomic E-state index is 13.1. The van der Waals surface area contributed by atoms with Gasteiger partial charge in [0.2, 0.25) is 0 Å². The van der Waals surface area contributed by atoms with Gasteiger partial charge in [0.15, 0.2) is 0 Å². The predicted octanol–water partition coefficient (Wildman–Crippen LogP) is 4.10. The van der Waals surface area contributed by atoms with E-state index in [0.29, 0.717) is 12.1 Å². The molecule has 1 aliphatic rings. The number of carbonyl (C=O) groups excluding carboxylic acids is 1. The zero-order valence-corrected chi connectivity index (χ0v) is 19.6. The van der Waals surface area contributed by atoms with E-state index in [9.17, 15) is 9.18 Å². The molecule has 1 saturated heterocycles. The van der Waals surface area contributed by atoms with Gasteiger partial charge in [-0.2, -0.15) is 0 Å². The molecule has 34 heavy (non-hydrogen) atoms. The molecule has 0 spiro atoms. The maximum Gasteiger partial charge on any atom is 0.251 e. The topological polar surface area (TPSA) is 54.0 Å². The Balaban J connectivity index is 1.31. The number of amides is 1. The second-order valence-corrected chi connectivity index (χ2v) is 8.30. The molecule has 0 aliphatic carbocycles. The van der Waals surface area contributed by atoms with Gasteiger partial charge in [-0.05, 0) is 48.0 Å². The molecule has 1 aliphatic heterocycles. The summed E-state index contributed by atoms with van der Waals surface area (Å²) in [5.74, 6) is 1.07. The Morgan fingerprint density at radius 3 is 2.41 bits per heavy atom. The van der Waals surface area contributed by atoms with Gasteiger partial charge in [-0.3, -0.25) is 9.69 Å². The first-order valence-corrected chi connectivity index (χ1v) is 11.4. The first kappa shape index (κ1) is 23.6. The molecule has 4 rings (SSSR count). The lowest BCUT2D eigenvalue weighted by Gasteiger charge is -2.36. The Morgan fingerprint density at radius 1 is 0.941 bits per heavy atom. The standard InChI is InChI=1S/C27H30FN3O3/c1-33-25-11-8-22(26(17-25)34-2)19-30-12-14-31(15-13-30)24-5-3-4-20(16-24)18-29-27(32)21-6-9-23(28)10-7-21/h3-11,16-17H,12-15,18-19H2,1-2H3,(H,29,32). The zero-order valence-electron chi connectivity index (χ0n) is 19.6. The van der Waals surface area contributed by atoms with Gasteiger partial charge in [-0.25, -0.2) is 4.39 Å². The fourth-order valence-corrected chi connectivity index (χ4v) is 4.14. The number of nitrogens with one attached hydrogen (secondary N) is 1. The van der Waals surface area contributed by atoms with Crippen molar-refractivity contribution in [3.05, 3.63) is 89.2 Å². The zero-order chi connectivity index (χ0) is 23.9. The molecule has 3 aromatic carbocycles. The van der Waals surface area contributed by atoms with Crippen molar-refractivity contribution < 1.29 is 18.7 Å². The molecule has 0 saturated carbocycles. The number of anilines is 1. The van der Waals surface area contributed by atoms with Crippen LogP contribution >= 0.6 is 0 Å². The van der Waals surface area contributed by atoms with E-state index >= 15 is 0 Å². The number of piperazine rings is 1. The molecule has 1 fully saturated rings. The second kappa shape index (κ2) is 11.0. The smallest absolute Gasteiger partial charge is 0.251 e. The van der Waals surface area contributed by atoms with Crippen molar-refractivity contribution >= 4 is 11.6 Å². The number of hydrogen-bond acceptors (Lipinski definition) is 5. The van der Waals surface area contributed by atoms with Gasteiger partial charge in [-0.15, -0.1) is 0 Å². The van der Waals surface area contributed by atoms with Crippen LogP contribution in [0.4, 0.5) is 10.1 Å². The summed E-state index contributed by atoms with van der Waals surface area (Å²) in [7, 11) is 3.34. The van der Waals surface area contributed by atoms with Crippen LogP contribution in [0, 0.1) is 5.82 Å². The number of halogens is 1. The van der Waals surface area contributed by atoms with Crippen molar-refractivity contribution in [1.82, 2.24) is 10.2 Å². The Hall–Kier alpha value is -3.58. The van der Waals surface area contributed by atoms with Crippen molar-refractivity contribution in [2.24, 2.45) is 0 Å². The largest absolute Gasteiger partial charge is 0.497 e. The summed E-state index contributed by atoms with van der Waals surface area (Å²) in [6.07, 6.45) is 0. The molecular weight excluding hydrogens is 433 g/mol. The lowest BCUT2D eigenvalue weighted by atomic mass is 10.1. The number of methoxy groups -OCH3 is 2. The average molecular weight is 464 g/mol. The minimum absolute atomic E-state index is 0.215. The predicted molar refractivity (Wildman–Crippen MR) is 131 cm³/mol. The van der Waals surface area contributed by atoms with Crippen LogP contribution < -0.4 is 19.7 Å². The van der Waals surface area contributed by atoms with E-state index in [2.05, 4.69) is 33.3 Å². The summed E-state index contributed by atoms with van der Waals surface area (Å²) in [6.45, 7) is 4.98. The molecule has 0 aromatic heterocycles. The first-order chi connectivity index (χ1) is 16.6. The molecule has 6 nitrogen and oxygen atoms in total. The molecule has 0 unspecified atom stereocenters. The highest BCUT2D eigenvalue weighted by Crippen LogP contribution is 2.26. The van der Waals surface area contributed by atoms with Crippen LogP contribution in [0.15, 0.2) is 66.7 Å². The van der Waals surface area contributed by atoms with Gasteiger partial charge < -0.3 is 19.7 Å². The lowest BCUT2D eigenvalue weighted by molar-refractivity contribution is 0.0951. The van der Waals surface area contributed by atoms with Crippen LogP contribution in [-0.4, -0.2) is 51.2 Å². The maximum atomic E-state index is 13.1. The molecular formula is C27H30FN3O3. The van der Waals surface area contributed by atoms with Crippen LogP contribution in [0.2, 0.25) is 0 Å². The van der Waals surface area contributed by atoms with Crippen LogP contribution in [-0.2, 0) is 13.1 Å². The SMILES string of the molecule is COc1ccc(CN2CCN(c3cccc(CNC(=O)c4ccc(F)cc4)c3)CC2)c(OC)c1.